The molecule has 1 atom stereocenters. The zero-order chi connectivity index (χ0) is 14.1. The Morgan fingerprint density at radius 3 is 2.63 bits per heavy atom. The highest BCUT2D eigenvalue weighted by atomic mass is 16.5. The van der Waals surface area contributed by atoms with E-state index in [9.17, 15) is 4.79 Å². The maximum atomic E-state index is 12.2. The van der Waals surface area contributed by atoms with Crippen molar-refractivity contribution in [3.8, 4) is 0 Å². The molecule has 1 aliphatic rings. The third kappa shape index (κ3) is 4.75. The Morgan fingerprint density at radius 2 is 2.11 bits per heavy atom. The Hall–Kier alpha value is -0.650. The molecule has 0 aromatic heterocycles. The largest absolute Gasteiger partial charge is 0.465 e. The van der Waals surface area contributed by atoms with Gasteiger partial charge >= 0.3 is 5.97 Å². The standard InChI is InChI=1S/C14H28N2O3/c1-4-16(5-2)10-9-15-14(13(17)19-6-3)8-7-11-18-12-14/h15H,4-12H2,1-3H3. The lowest BCUT2D eigenvalue weighted by Gasteiger charge is -2.36. The van der Waals surface area contributed by atoms with Crippen molar-refractivity contribution in [1.82, 2.24) is 10.2 Å². The molecule has 1 unspecified atom stereocenters. The van der Waals surface area contributed by atoms with Crippen LogP contribution in [0.5, 0.6) is 0 Å². The fourth-order valence-electron chi connectivity index (χ4n) is 2.43. The SMILES string of the molecule is CCOC(=O)C1(NCCN(CC)CC)CCCOC1. The lowest BCUT2D eigenvalue weighted by atomic mass is 9.92. The van der Waals surface area contributed by atoms with Gasteiger partial charge in [-0.25, -0.2) is 4.79 Å². The molecular formula is C14H28N2O3. The Bertz CT molecular complexity index is 261. The van der Waals surface area contributed by atoms with Crippen LogP contribution in [0.3, 0.4) is 0 Å². The van der Waals surface area contributed by atoms with Gasteiger partial charge in [0.2, 0.25) is 0 Å². The van der Waals surface area contributed by atoms with E-state index in [2.05, 4.69) is 24.1 Å². The monoisotopic (exact) mass is 272 g/mol. The van der Waals surface area contributed by atoms with E-state index < -0.39 is 5.54 Å². The Balaban J connectivity index is 2.52. The van der Waals surface area contributed by atoms with Gasteiger partial charge in [-0.1, -0.05) is 13.8 Å². The second-order valence-corrected chi connectivity index (χ2v) is 4.91. The van der Waals surface area contributed by atoms with Gasteiger partial charge in [-0.15, -0.1) is 0 Å². The van der Waals surface area contributed by atoms with Gasteiger partial charge in [0.1, 0.15) is 5.54 Å². The number of esters is 1. The quantitative estimate of drug-likeness (QED) is 0.669. The van der Waals surface area contributed by atoms with Crippen molar-refractivity contribution in [3.05, 3.63) is 0 Å². The molecule has 0 aromatic rings. The van der Waals surface area contributed by atoms with Crippen LogP contribution < -0.4 is 5.32 Å². The van der Waals surface area contributed by atoms with Crippen molar-refractivity contribution in [3.63, 3.8) is 0 Å². The molecule has 0 spiro atoms. The number of nitrogens with one attached hydrogen (secondary N) is 1. The fourth-order valence-corrected chi connectivity index (χ4v) is 2.43. The summed E-state index contributed by atoms with van der Waals surface area (Å²) in [5.41, 5.74) is -0.637. The van der Waals surface area contributed by atoms with Crippen LogP contribution in [0.1, 0.15) is 33.6 Å². The van der Waals surface area contributed by atoms with Crippen LogP contribution in [-0.4, -0.2) is 62.4 Å². The average molecular weight is 272 g/mol. The van der Waals surface area contributed by atoms with E-state index in [4.69, 9.17) is 9.47 Å². The molecule has 1 rings (SSSR count). The molecule has 0 aliphatic carbocycles. The van der Waals surface area contributed by atoms with E-state index in [1.165, 1.54) is 0 Å². The normalized spacial score (nSPS) is 23.6. The lowest BCUT2D eigenvalue weighted by Crippen LogP contribution is -2.59. The minimum atomic E-state index is -0.637. The van der Waals surface area contributed by atoms with Crippen molar-refractivity contribution >= 4 is 5.97 Å². The van der Waals surface area contributed by atoms with Gasteiger partial charge in [0, 0.05) is 19.7 Å². The van der Waals surface area contributed by atoms with E-state index >= 15 is 0 Å². The summed E-state index contributed by atoms with van der Waals surface area (Å²) in [6, 6.07) is 0. The summed E-state index contributed by atoms with van der Waals surface area (Å²) in [7, 11) is 0. The number of ether oxygens (including phenoxy) is 2. The fraction of sp³-hybridized carbons (Fsp3) is 0.929. The molecule has 1 aliphatic heterocycles. The molecule has 19 heavy (non-hydrogen) atoms. The van der Waals surface area contributed by atoms with Gasteiger partial charge in [-0.2, -0.15) is 0 Å². The molecule has 112 valence electrons. The van der Waals surface area contributed by atoms with Gasteiger partial charge < -0.3 is 14.4 Å². The van der Waals surface area contributed by atoms with Crippen molar-refractivity contribution in [2.75, 3.05) is 46.0 Å². The highest BCUT2D eigenvalue weighted by Crippen LogP contribution is 2.20. The molecular weight excluding hydrogens is 244 g/mol. The van der Waals surface area contributed by atoms with E-state index in [1.54, 1.807) is 0 Å². The van der Waals surface area contributed by atoms with Crippen LogP contribution in [0.15, 0.2) is 0 Å². The van der Waals surface area contributed by atoms with Crippen LogP contribution in [0.4, 0.5) is 0 Å². The van der Waals surface area contributed by atoms with Gasteiger partial charge in [-0.3, -0.25) is 5.32 Å². The summed E-state index contributed by atoms with van der Waals surface area (Å²) >= 11 is 0. The molecule has 0 amide bonds. The number of hydrogen-bond donors (Lipinski definition) is 1. The summed E-state index contributed by atoms with van der Waals surface area (Å²) in [5.74, 6) is -0.172. The summed E-state index contributed by atoms with van der Waals surface area (Å²) < 4.78 is 10.7. The van der Waals surface area contributed by atoms with Gasteiger partial charge in [0.05, 0.1) is 13.2 Å². The Morgan fingerprint density at radius 1 is 1.37 bits per heavy atom. The van der Waals surface area contributed by atoms with Gasteiger partial charge in [-0.05, 0) is 32.9 Å². The van der Waals surface area contributed by atoms with Crippen LogP contribution in [0.2, 0.25) is 0 Å². The summed E-state index contributed by atoms with van der Waals surface area (Å²) in [5, 5.41) is 3.38. The van der Waals surface area contributed by atoms with Crippen molar-refractivity contribution in [2.24, 2.45) is 0 Å². The van der Waals surface area contributed by atoms with Crippen molar-refractivity contribution in [2.45, 2.75) is 39.2 Å². The maximum Gasteiger partial charge on any atom is 0.328 e. The highest BCUT2D eigenvalue weighted by molar-refractivity contribution is 5.81. The third-order valence-electron chi connectivity index (χ3n) is 3.69. The summed E-state index contributed by atoms with van der Waals surface area (Å²) in [6.07, 6.45) is 1.70. The second-order valence-electron chi connectivity index (χ2n) is 4.91. The molecule has 1 N–H and O–H groups in total. The predicted molar refractivity (Wildman–Crippen MR) is 75.2 cm³/mol. The first-order chi connectivity index (χ1) is 9.18. The van der Waals surface area contributed by atoms with Crippen LogP contribution in [0, 0.1) is 0 Å². The van der Waals surface area contributed by atoms with Crippen LogP contribution in [0.25, 0.3) is 0 Å². The van der Waals surface area contributed by atoms with Crippen molar-refractivity contribution < 1.29 is 14.3 Å². The van der Waals surface area contributed by atoms with E-state index in [0.29, 0.717) is 13.2 Å². The number of likely N-dealkylation sites (N-methyl/N-ethyl adjacent to an activating group) is 1. The molecule has 0 bridgehead atoms. The zero-order valence-corrected chi connectivity index (χ0v) is 12.5. The van der Waals surface area contributed by atoms with E-state index in [1.807, 2.05) is 6.92 Å². The molecule has 0 saturated carbocycles. The van der Waals surface area contributed by atoms with E-state index in [-0.39, 0.29) is 5.97 Å². The molecule has 1 heterocycles. The first-order valence-corrected chi connectivity index (χ1v) is 7.40. The number of carbonyl (C=O) groups excluding carboxylic acids is 1. The topological polar surface area (TPSA) is 50.8 Å². The summed E-state index contributed by atoms with van der Waals surface area (Å²) in [6.45, 7) is 11.5. The third-order valence-corrected chi connectivity index (χ3v) is 3.69. The number of carbonyl (C=O) groups is 1. The molecule has 0 radical (unpaired) electrons. The number of rotatable bonds is 8. The molecule has 5 nitrogen and oxygen atoms in total. The zero-order valence-electron chi connectivity index (χ0n) is 12.5. The first kappa shape index (κ1) is 16.4. The number of nitrogens with zero attached hydrogens (tertiary/aromatic N) is 1. The van der Waals surface area contributed by atoms with Crippen LogP contribution in [-0.2, 0) is 14.3 Å². The summed E-state index contributed by atoms with van der Waals surface area (Å²) in [4.78, 5) is 14.5. The Kier molecular flexibility index (Phi) is 7.34. The molecule has 1 fully saturated rings. The van der Waals surface area contributed by atoms with Crippen LogP contribution >= 0.6 is 0 Å². The second kappa shape index (κ2) is 8.51. The maximum absolute atomic E-state index is 12.2. The molecule has 5 heteroatoms. The minimum absolute atomic E-state index is 0.172. The molecule has 0 aromatic carbocycles. The number of hydrogen-bond acceptors (Lipinski definition) is 5. The minimum Gasteiger partial charge on any atom is -0.465 e. The lowest BCUT2D eigenvalue weighted by molar-refractivity contribution is -0.157. The molecule has 1 saturated heterocycles. The highest BCUT2D eigenvalue weighted by Gasteiger charge is 2.41. The average Bonchev–Trinajstić information content (AvgIpc) is 2.45. The van der Waals surface area contributed by atoms with E-state index in [0.717, 1.165) is 45.6 Å². The predicted octanol–water partition coefficient (Wildman–Crippen LogP) is 1.03. The smallest absolute Gasteiger partial charge is 0.328 e. The Labute approximate surface area is 116 Å². The van der Waals surface area contributed by atoms with Gasteiger partial charge in [0.15, 0.2) is 0 Å². The van der Waals surface area contributed by atoms with Gasteiger partial charge in [0.25, 0.3) is 0 Å². The first-order valence-electron chi connectivity index (χ1n) is 7.40. The van der Waals surface area contributed by atoms with Crippen molar-refractivity contribution in [1.29, 1.82) is 0 Å².